The number of hydrogen-bond donors (Lipinski definition) is 2. The van der Waals surface area contributed by atoms with Crippen LogP contribution in [0.3, 0.4) is 0 Å². The molecule has 1 aromatic heterocycles. The van der Waals surface area contributed by atoms with Crippen molar-refractivity contribution in [2.75, 3.05) is 12.4 Å². The third-order valence-corrected chi connectivity index (χ3v) is 4.11. The summed E-state index contributed by atoms with van der Waals surface area (Å²) >= 11 is 1.73. The molecule has 0 saturated heterocycles. The summed E-state index contributed by atoms with van der Waals surface area (Å²) in [6.45, 7) is -0.0477. The van der Waals surface area contributed by atoms with Crippen molar-refractivity contribution in [2.45, 2.75) is 16.9 Å². The Hall–Kier alpha value is -1.36. The number of aliphatic hydroxyl groups excluding tert-OH is 1. The van der Waals surface area contributed by atoms with Gasteiger partial charge in [0.05, 0.1) is 12.1 Å². The van der Waals surface area contributed by atoms with E-state index in [1.54, 1.807) is 24.2 Å². The highest BCUT2D eigenvalue weighted by atomic mass is 32.2. The van der Waals surface area contributed by atoms with Crippen LogP contribution in [0.1, 0.15) is 12.0 Å². The zero-order chi connectivity index (χ0) is 13.6. The molecule has 2 aromatic rings. The Balaban J connectivity index is 1.96. The van der Waals surface area contributed by atoms with E-state index in [-0.39, 0.29) is 6.61 Å². The average molecular weight is 274 g/mol. The summed E-state index contributed by atoms with van der Waals surface area (Å²) in [5.74, 6) is 0.857. The lowest BCUT2D eigenvalue weighted by Crippen LogP contribution is -2.41. The summed E-state index contributed by atoms with van der Waals surface area (Å²) in [5, 5.41) is 9.59. The number of thioether (sulfide) groups is 1. The number of aromatic nitrogens is 1. The third-order valence-electron chi connectivity index (χ3n) is 3.10. The molecule has 3 nitrogen and oxygen atoms in total. The van der Waals surface area contributed by atoms with Crippen LogP contribution in [0.4, 0.5) is 0 Å². The molecule has 19 heavy (non-hydrogen) atoms. The van der Waals surface area contributed by atoms with Gasteiger partial charge < -0.3 is 10.8 Å². The summed E-state index contributed by atoms with van der Waals surface area (Å²) in [7, 11) is 0. The zero-order valence-electron chi connectivity index (χ0n) is 10.7. The number of pyridine rings is 1. The molecule has 0 aliphatic carbocycles. The molecular weight excluding hydrogens is 256 g/mol. The fraction of sp³-hybridized carbons (Fsp3) is 0.267. The van der Waals surface area contributed by atoms with E-state index in [1.165, 1.54) is 4.90 Å². The van der Waals surface area contributed by atoms with E-state index in [0.29, 0.717) is 0 Å². The number of hydrogen-bond acceptors (Lipinski definition) is 4. The van der Waals surface area contributed by atoms with Crippen LogP contribution in [-0.4, -0.2) is 22.5 Å². The van der Waals surface area contributed by atoms with Gasteiger partial charge in [0, 0.05) is 23.0 Å². The van der Waals surface area contributed by atoms with Crippen molar-refractivity contribution in [1.29, 1.82) is 0 Å². The summed E-state index contributed by atoms with van der Waals surface area (Å²) < 4.78 is 0. The Labute approximate surface area is 117 Å². The molecule has 0 aliphatic heterocycles. The molecule has 3 N–H and O–H groups in total. The molecule has 0 bridgehead atoms. The molecule has 4 heteroatoms. The number of rotatable bonds is 6. The third kappa shape index (κ3) is 3.80. The average Bonchev–Trinajstić information content (AvgIpc) is 2.49. The van der Waals surface area contributed by atoms with Crippen molar-refractivity contribution in [1.82, 2.24) is 4.98 Å². The molecule has 0 saturated carbocycles. The van der Waals surface area contributed by atoms with Gasteiger partial charge in [-0.05, 0) is 24.1 Å². The summed E-state index contributed by atoms with van der Waals surface area (Å²) in [4.78, 5) is 5.16. The molecular formula is C15H18N2OS. The highest BCUT2D eigenvalue weighted by Gasteiger charge is 2.25. The SMILES string of the molecule is NC(CO)(CCSc1ccncc1)c1ccccc1. The van der Waals surface area contributed by atoms with Gasteiger partial charge in [-0.1, -0.05) is 30.3 Å². The maximum Gasteiger partial charge on any atom is 0.0653 e. The Morgan fingerprint density at radius 3 is 2.42 bits per heavy atom. The number of nitrogens with two attached hydrogens (primary N) is 1. The topological polar surface area (TPSA) is 59.1 Å². The lowest BCUT2D eigenvalue weighted by atomic mass is 9.89. The molecule has 0 spiro atoms. The number of benzene rings is 1. The van der Waals surface area contributed by atoms with Crippen LogP contribution in [0.15, 0.2) is 59.8 Å². The number of nitrogens with zero attached hydrogens (tertiary/aromatic N) is 1. The molecule has 0 radical (unpaired) electrons. The van der Waals surface area contributed by atoms with Gasteiger partial charge in [0.1, 0.15) is 0 Å². The van der Waals surface area contributed by atoms with E-state index >= 15 is 0 Å². The van der Waals surface area contributed by atoms with Crippen LogP contribution in [0.25, 0.3) is 0 Å². The molecule has 0 amide bonds. The van der Waals surface area contributed by atoms with Crippen molar-refractivity contribution in [3.8, 4) is 0 Å². The Bertz CT molecular complexity index is 492. The second kappa shape index (κ2) is 6.70. The minimum Gasteiger partial charge on any atom is -0.394 e. The Kier molecular flexibility index (Phi) is 4.96. The molecule has 1 unspecified atom stereocenters. The lowest BCUT2D eigenvalue weighted by Gasteiger charge is -2.27. The van der Waals surface area contributed by atoms with Crippen LogP contribution in [0, 0.1) is 0 Å². The van der Waals surface area contributed by atoms with Gasteiger partial charge in [0.15, 0.2) is 0 Å². The van der Waals surface area contributed by atoms with Gasteiger partial charge in [0.25, 0.3) is 0 Å². The first kappa shape index (κ1) is 14.1. The molecule has 1 atom stereocenters. The fourth-order valence-electron chi connectivity index (χ4n) is 1.87. The van der Waals surface area contributed by atoms with Crippen LogP contribution in [0.2, 0.25) is 0 Å². The largest absolute Gasteiger partial charge is 0.394 e. The van der Waals surface area contributed by atoms with Crippen molar-refractivity contribution < 1.29 is 5.11 Å². The number of aliphatic hydroxyl groups is 1. The highest BCUT2D eigenvalue weighted by Crippen LogP contribution is 2.26. The Morgan fingerprint density at radius 1 is 1.11 bits per heavy atom. The normalized spacial score (nSPS) is 14.0. The van der Waals surface area contributed by atoms with Gasteiger partial charge in [-0.25, -0.2) is 0 Å². The molecule has 0 aliphatic rings. The first-order valence-electron chi connectivity index (χ1n) is 6.23. The van der Waals surface area contributed by atoms with Gasteiger partial charge in [-0.15, -0.1) is 11.8 Å². The van der Waals surface area contributed by atoms with Crippen LogP contribution >= 0.6 is 11.8 Å². The van der Waals surface area contributed by atoms with E-state index in [1.807, 2.05) is 42.5 Å². The maximum absolute atomic E-state index is 9.59. The molecule has 1 heterocycles. The lowest BCUT2D eigenvalue weighted by molar-refractivity contribution is 0.193. The van der Waals surface area contributed by atoms with Crippen molar-refractivity contribution in [3.63, 3.8) is 0 Å². The summed E-state index contributed by atoms with van der Waals surface area (Å²) in [6, 6.07) is 13.7. The zero-order valence-corrected chi connectivity index (χ0v) is 11.5. The minimum atomic E-state index is -0.665. The summed E-state index contributed by atoms with van der Waals surface area (Å²) in [6.07, 6.45) is 4.28. The maximum atomic E-state index is 9.59. The van der Waals surface area contributed by atoms with E-state index < -0.39 is 5.54 Å². The van der Waals surface area contributed by atoms with Crippen molar-refractivity contribution in [2.24, 2.45) is 5.73 Å². The minimum absolute atomic E-state index is 0.0477. The monoisotopic (exact) mass is 274 g/mol. The second-order valence-electron chi connectivity index (χ2n) is 4.46. The predicted molar refractivity (Wildman–Crippen MR) is 79.0 cm³/mol. The van der Waals surface area contributed by atoms with Gasteiger partial charge in [-0.3, -0.25) is 4.98 Å². The van der Waals surface area contributed by atoms with Crippen LogP contribution in [-0.2, 0) is 5.54 Å². The van der Waals surface area contributed by atoms with E-state index in [9.17, 15) is 5.11 Å². The molecule has 100 valence electrons. The van der Waals surface area contributed by atoms with E-state index in [4.69, 9.17) is 5.73 Å². The standard InChI is InChI=1S/C15H18N2OS/c16-15(12-18,13-4-2-1-3-5-13)8-11-19-14-6-9-17-10-7-14/h1-7,9-10,18H,8,11-12,16H2. The molecule has 2 rings (SSSR count). The van der Waals surface area contributed by atoms with Gasteiger partial charge in [-0.2, -0.15) is 0 Å². The fourth-order valence-corrected chi connectivity index (χ4v) is 2.89. The highest BCUT2D eigenvalue weighted by molar-refractivity contribution is 7.99. The molecule has 1 aromatic carbocycles. The quantitative estimate of drug-likeness (QED) is 0.794. The van der Waals surface area contributed by atoms with Gasteiger partial charge >= 0.3 is 0 Å². The first-order valence-corrected chi connectivity index (χ1v) is 7.21. The smallest absolute Gasteiger partial charge is 0.0653 e. The molecule has 0 fully saturated rings. The van der Waals surface area contributed by atoms with Crippen LogP contribution < -0.4 is 5.73 Å². The summed E-state index contributed by atoms with van der Waals surface area (Å²) in [5.41, 5.74) is 6.62. The van der Waals surface area contributed by atoms with Crippen molar-refractivity contribution >= 4 is 11.8 Å². The van der Waals surface area contributed by atoms with Crippen molar-refractivity contribution in [3.05, 3.63) is 60.4 Å². The second-order valence-corrected chi connectivity index (χ2v) is 5.63. The first-order chi connectivity index (χ1) is 9.24. The van der Waals surface area contributed by atoms with Crippen LogP contribution in [0.5, 0.6) is 0 Å². The van der Waals surface area contributed by atoms with E-state index in [2.05, 4.69) is 4.98 Å². The van der Waals surface area contributed by atoms with Gasteiger partial charge in [0.2, 0.25) is 0 Å². The Morgan fingerprint density at radius 2 is 1.79 bits per heavy atom. The van der Waals surface area contributed by atoms with E-state index in [0.717, 1.165) is 17.7 Å². The predicted octanol–water partition coefficient (Wildman–Crippen LogP) is 2.41.